The maximum absolute atomic E-state index is 13.1. The first-order chi connectivity index (χ1) is 13.7. The summed E-state index contributed by atoms with van der Waals surface area (Å²) in [6, 6.07) is 4.87. The standard InChI is InChI=1S/C20H32N4O4S/c1-15(2)12-19(21)23-28-14-20(25)22-17-9-8-16(3)18(13-17)29(26,27)24-10-6-4-5-7-11-24/h8-9,13,15H,4-7,10-12,14H2,1-3H3,(H2,21,23)(H,22,25). The molecule has 1 aromatic carbocycles. The average Bonchev–Trinajstić information content (AvgIpc) is 2.92. The third-order valence-electron chi connectivity index (χ3n) is 4.65. The Kier molecular flexibility index (Phi) is 8.45. The largest absolute Gasteiger partial charge is 0.384 e. The molecule has 0 unspecified atom stereocenters. The van der Waals surface area contributed by atoms with Crippen molar-refractivity contribution < 1.29 is 18.0 Å². The van der Waals surface area contributed by atoms with E-state index < -0.39 is 15.9 Å². The van der Waals surface area contributed by atoms with Crippen LogP contribution in [0.1, 0.15) is 51.5 Å². The summed E-state index contributed by atoms with van der Waals surface area (Å²) in [5, 5.41) is 6.37. The molecule has 0 spiro atoms. The lowest BCUT2D eigenvalue weighted by Gasteiger charge is -2.21. The maximum atomic E-state index is 13.1. The minimum Gasteiger partial charge on any atom is -0.384 e. The van der Waals surface area contributed by atoms with Gasteiger partial charge in [-0.15, -0.1) is 0 Å². The van der Waals surface area contributed by atoms with Crippen molar-refractivity contribution in [1.29, 1.82) is 0 Å². The molecular formula is C20H32N4O4S. The van der Waals surface area contributed by atoms with Gasteiger partial charge in [0, 0.05) is 25.2 Å². The van der Waals surface area contributed by atoms with E-state index in [-0.39, 0.29) is 11.5 Å². The molecule has 1 aromatic rings. The summed E-state index contributed by atoms with van der Waals surface area (Å²) in [5.74, 6) is 0.232. The monoisotopic (exact) mass is 424 g/mol. The van der Waals surface area contributed by atoms with Crippen LogP contribution in [-0.4, -0.2) is 44.2 Å². The molecule has 9 heteroatoms. The Bertz CT molecular complexity index is 829. The van der Waals surface area contributed by atoms with Gasteiger partial charge in [-0.2, -0.15) is 4.31 Å². The van der Waals surface area contributed by atoms with Crippen molar-refractivity contribution in [3.05, 3.63) is 23.8 Å². The maximum Gasteiger partial charge on any atom is 0.265 e. The molecule has 2 rings (SSSR count). The fourth-order valence-electron chi connectivity index (χ4n) is 3.20. The first-order valence-electron chi connectivity index (χ1n) is 10.0. The normalized spacial score (nSPS) is 16.5. The zero-order chi connectivity index (χ0) is 21.4. The summed E-state index contributed by atoms with van der Waals surface area (Å²) in [6.07, 6.45) is 4.41. The van der Waals surface area contributed by atoms with Crippen LogP contribution in [0.2, 0.25) is 0 Å². The summed E-state index contributed by atoms with van der Waals surface area (Å²) in [4.78, 5) is 17.3. The first-order valence-corrected chi connectivity index (χ1v) is 11.5. The molecule has 29 heavy (non-hydrogen) atoms. The van der Waals surface area contributed by atoms with Gasteiger partial charge >= 0.3 is 0 Å². The number of hydrogen-bond donors (Lipinski definition) is 2. The van der Waals surface area contributed by atoms with Crippen molar-refractivity contribution in [2.24, 2.45) is 16.8 Å². The van der Waals surface area contributed by atoms with Gasteiger partial charge in [-0.25, -0.2) is 8.42 Å². The topological polar surface area (TPSA) is 114 Å². The Morgan fingerprint density at radius 3 is 2.52 bits per heavy atom. The Hall–Kier alpha value is -2.13. The van der Waals surface area contributed by atoms with E-state index in [0.717, 1.165) is 25.7 Å². The lowest BCUT2D eigenvalue weighted by Crippen LogP contribution is -2.32. The molecule has 162 valence electrons. The third-order valence-corrected chi connectivity index (χ3v) is 6.69. The number of carbonyl (C=O) groups is 1. The number of nitrogens with zero attached hydrogens (tertiary/aromatic N) is 2. The van der Waals surface area contributed by atoms with E-state index in [4.69, 9.17) is 10.6 Å². The van der Waals surface area contributed by atoms with Crippen LogP contribution in [0.5, 0.6) is 0 Å². The number of amidine groups is 1. The average molecular weight is 425 g/mol. The summed E-state index contributed by atoms with van der Waals surface area (Å²) < 4.78 is 27.7. The van der Waals surface area contributed by atoms with Gasteiger partial charge in [-0.1, -0.05) is 37.9 Å². The zero-order valence-corrected chi connectivity index (χ0v) is 18.3. The van der Waals surface area contributed by atoms with Crippen molar-refractivity contribution in [3.63, 3.8) is 0 Å². The molecule has 8 nitrogen and oxygen atoms in total. The van der Waals surface area contributed by atoms with Gasteiger partial charge in [0.2, 0.25) is 10.0 Å². The number of sulfonamides is 1. The molecular weight excluding hydrogens is 392 g/mol. The highest BCUT2D eigenvalue weighted by Gasteiger charge is 2.27. The third kappa shape index (κ3) is 7.01. The highest BCUT2D eigenvalue weighted by atomic mass is 32.2. The van der Waals surface area contributed by atoms with Crippen LogP contribution in [0.3, 0.4) is 0 Å². The lowest BCUT2D eigenvalue weighted by molar-refractivity contribution is -0.120. The van der Waals surface area contributed by atoms with Crippen molar-refractivity contribution in [3.8, 4) is 0 Å². The smallest absolute Gasteiger partial charge is 0.265 e. The first kappa shape index (κ1) is 23.2. The SMILES string of the molecule is Cc1ccc(NC(=O)CO/N=C(\N)CC(C)C)cc1S(=O)(=O)N1CCCCCC1. The van der Waals surface area contributed by atoms with Crippen LogP contribution in [0.15, 0.2) is 28.3 Å². The molecule has 0 aliphatic carbocycles. The molecule has 1 aliphatic heterocycles. The quantitative estimate of drug-likeness (QED) is 0.378. The number of hydrogen-bond acceptors (Lipinski definition) is 5. The minimum absolute atomic E-state index is 0.220. The van der Waals surface area contributed by atoms with Crippen LogP contribution in [0, 0.1) is 12.8 Å². The Morgan fingerprint density at radius 2 is 1.90 bits per heavy atom. The van der Waals surface area contributed by atoms with E-state index >= 15 is 0 Å². The van der Waals surface area contributed by atoms with Crippen molar-refractivity contribution in [1.82, 2.24) is 4.31 Å². The van der Waals surface area contributed by atoms with E-state index in [0.29, 0.717) is 42.5 Å². The molecule has 0 atom stereocenters. The van der Waals surface area contributed by atoms with Gasteiger partial charge in [0.1, 0.15) is 5.84 Å². The van der Waals surface area contributed by atoms with Gasteiger partial charge in [-0.05, 0) is 43.4 Å². The summed E-state index contributed by atoms with van der Waals surface area (Å²) in [5.41, 5.74) is 6.75. The van der Waals surface area contributed by atoms with E-state index in [1.165, 1.54) is 6.07 Å². The molecule has 0 aromatic heterocycles. The second-order valence-electron chi connectivity index (χ2n) is 7.80. The Balaban J connectivity index is 2.05. The molecule has 1 heterocycles. The Morgan fingerprint density at radius 1 is 1.24 bits per heavy atom. The van der Waals surface area contributed by atoms with Gasteiger partial charge in [0.15, 0.2) is 6.61 Å². The molecule has 3 N–H and O–H groups in total. The van der Waals surface area contributed by atoms with Gasteiger partial charge in [0.05, 0.1) is 4.90 Å². The van der Waals surface area contributed by atoms with Crippen molar-refractivity contribution in [2.75, 3.05) is 25.0 Å². The van der Waals surface area contributed by atoms with Gasteiger partial charge < -0.3 is 15.9 Å². The number of rotatable bonds is 8. The molecule has 0 radical (unpaired) electrons. The number of anilines is 1. The van der Waals surface area contributed by atoms with Crippen LogP contribution in [0.25, 0.3) is 0 Å². The number of oxime groups is 1. The van der Waals surface area contributed by atoms with E-state index in [1.54, 1.807) is 23.4 Å². The van der Waals surface area contributed by atoms with E-state index in [9.17, 15) is 13.2 Å². The lowest BCUT2D eigenvalue weighted by atomic mass is 10.1. The highest BCUT2D eigenvalue weighted by molar-refractivity contribution is 7.89. The predicted octanol–water partition coefficient (Wildman–Crippen LogP) is 2.83. The van der Waals surface area contributed by atoms with E-state index in [2.05, 4.69) is 10.5 Å². The zero-order valence-electron chi connectivity index (χ0n) is 17.5. The van der Waals surface area contributed by atoms with Crippen molar-refractivity contribution >= 4 is 27.5 Å². The summed E-state index contributed by atoms with van der Waals surface area (Å²) in [6.45, 7) is 6.52. The highest BCUT2D eigenvalue weighted by Crippen LogP contribution is 2.25. The van der Waals surface area contributed by atoms with E-state index in [1.807, 2.05) is 13.8 Å². The van der Waals surface area contributed by atoms with Gasteiger partial charge in [-0.3, -0.25) is 4.79 Å². The summed E-state index contributed by atoms with van der Waals surface area (Å²) >= 11 is 0. The minimum atomic E-state index is -3.60. The second kappa shape index (κ2) is 10.6. The summed E-state index contributed by atoms with van der Waals surface area (Å²) in [7, 11) is -3.60. The molecule has 0 bridgehead atoms. The fourth-order valence-corrected chi connectivity index (χ4v) is 4.97. The van der Waals surface area contributed by atoms with Crippen LogP contribution < -0.4 is 11.1 Å². The number of amides is 1. The van der Waals surface area contributed by atoms with Crippen LogP contribution >= 0.6 is 0 Å². The van der Waals surface area contributed by atoms with Crippen molar-refractivity contribution in [2.45, 2.75) is 57.8 Å². The number of benzene rings is 1. The predicted molar refractivity (Wildman–Crippen MR) is 114 cm³/mol. The fraction of sp³-hybridized carbons (Fsp3) is 0.600. The van der Waals surface area contributed by atoms with Crippen LogP contribution in [-0.2, 0) is 19.7 Å². The second-order valence-corrected chi connectivity index (χ2v) is 9.71. The number of nitrogens with one attached hydrogen (secondary N) is 1. The molecule has 1 saturated heterocycles. The van der Waals surface area contributed by atoms with Gasteiger partial charge in [0.25, 0.3) is 5.91 Å². The molecule has 1 fully saturated rings. The Labute approximate surface area is 173 Å². The van der Waals surface area contributed by atoms with Crippen LogP contribution in [0.4, 0.5) is 5.69 Å². The molecule has 1 amide bonds. The number of aryl methyl sites for hydroxylation is 1. The number of nitrogens with two attached hydrogens (primary N) is 1. The number of carbonyl (C=O) groups excluding carboxylic acids is 1. The molecule has 1 aliphatic rings. The molecule has 0 saturated carbocycles.